The van der Waals surface area contributed by atoms with Gasteiger partial charge in [0.15, 0.2) is 12.4 Å². The molecule has 2 heterocycles. The van der Waals surface area contributed by atoms with Crippen LogP contribution in [0.2, 0.25) is 0 Å². The number of aromatic amines is 2. The summed E-state index contributed by atoms with van der Waals surface area (Å²) in [5.41, 5.74) is 2.19. The van der Waals surface area contributed by atoms with Gasteiger partial charge in [0.05, 0.1) is 0 Å². The number of hydrogen-bond acceptors (Lipinski definition) is 0. The molecule has 19 heavy (non-hydrogen) atoms. The molecule has 0 aliphatic rings. The average molecular weight is 561 g/mol. The largest absolute Gasteiger partial charge is 0.275 e. The van der Waals surface area contributed by atoms with Crippen molar-refractivity contribution in [1.82, 2.24) is 0 Å². The number of nitrogens with one attached hydrogen (secondary N) is 2. The van der Waals surface area contributed by atoms with Crippen molar-refractivity contribution < 1.29 is 16.6 Å². The molecule has 9 heteroatoms. The first-order valence-corrected chi connectivity index (χ1v) is 23.6. The van der Waals surface area contributed by atoms with Crippen molar-refractivity contribution in [2.24, 2.45) is 0 Å². The Bertz CT molecular complexity index is 477. The second kappa shape index (κ2) is 5.82. The molecule has 0 spiro atoms. The zero-order valence-corrected chi connectivity index (χ0v) is 16.3. The third kappa shape index (κ3) is 12.1. The van der Waals surface area contributed by atoms with Crippen LogP contribution in [0.3, 0.4) is 0 Å². The maximum absolute atomic E-state index is 5.38. The van der Waals surface area contributed by atoms with E-state index >= 15 is 0 Å². The first-order chi connectivity index (χ1) is 8.42. The molecule has 2 nitrogen and oxygen atoms in total. The molecule has 0 atom stereocenters. The number of H-pyrrole nitrogens is 2. The van der Waals surface area contributed by atoms with Gasteiger partial charge in [-0.05, 0) is 12.1 Å². The van der Waals surface area contributed by atoms with Crippen molar-refractivity contribution in [2.75, 3.05) is 0 Å². The van der Waals surface area contributed by atoms with Gasteiger partial charge in [0, 0.05) is 24.3 Å². The molecule has 0 radical (unpaired) electrons. The van der Waals surface area contributed by atoms with Gasteiger partial charge in [-0.3, -0.25) is 0 Å². The molecular weight excluding hydrogens is 551 g/mol. The molecule has 110 valence electrons. The Hall–Kier alpha value is 0.676. The smallest absolute Gasteiger partial charge is 0.206 e. The van der Waals surface area contributed by atoms with E-state index in [0.29, 0.717) is 0 Å². The summed E-state index contributed by atoms with van der Waals surface area (Å²) in [5, 5.41) is 0. The van der Waals surface area contributed by atoms with Crippen LogP contribution in [-0.4, -0.2) is 0 Å². The van der Waals surface area contributed by atoms with E-state index in [0.717, 1.165) is 11.4 Å². The minimum atomic E-state index is -5.38. The van der Waals surface area contributed by atoms with E-state index in [2.05, 4.69) is 9.97 Å². The van der Waals surface area contributed by atoms with Crippen LogP contribution in [0, 0.1) is 0 Å². The topological polar surface area (TPSA) is 28.3 Å². The third-order valence-electron chi connectivity index (χ3n) is 1.71. The first kappa shape index (κ1) is 17.7. The fraction of sp³-hybridized carbons (Fsp3) is 0. The first-order valence-electron chi connectivity index (χ1n) is 4.71. The Labute approximate surface area is 133 Å². The second-order valence-corrected chi connectivity index (χ2v) is 58.4. The van der Waals surface area contributed by atoms with Crippen LogP contribution < -0.4 is 9.97 Å². The Balaban J connectivity index is 0.000000224. The molecule has 0 bridgehead atoms. The van der Waals surface area contributed by atoms with Crippen molar-refractivity contribution in [3.8, 4) is 11.4 Å². The summed E-state index contributed by atoms with van der Waals surface area (Å²) in [5.74, 6) is 0. The van der Waals surface area contributed by atoms with E-state index in [1.807, 2.05) is 48.8 Å². The Morgan fingerprint density at radius 2 is 0.947 bits per heavy atom. The van der Waals surface area contributed by atoms with Gasteiger partial charge in [-0.1, -0.05) is 0 Å². The molecule has 0 saturated heterocycles. The maximum atomic E-state index is 5.06. The fourth-order valence-corrected chi connectivity index (χ4v) is 1.12. The van der Waals surface area contributed by atoms with Gasteiger partial charge in [0.1, 0.15) is 0 Å². The molecule has 0 aliphatic carbocycles. The molecule has 0 aliphatic heterocycles. The SMILES string of the molecule is [Cl][Os-2]([Cl])([Cl])([Cl])([Cl])[Cl].c1ccc(-c2cccc[nH+]2)[nH+]c1. The van der Waals surface area contributed by atoms with Crippen LogP contribution in [0.25, 0.3) is 11.4 Å². The van der Waals surface area contributed by atoms with Gasteiger partial charge in [-0.25, -0.2) is 9.97 Å². The van der Waals surface area contributed by atoms with Gasteiger partial charge >= 0.3 is 64.5 Å². The fourth-order valence-electron chi connectivity index (χ4n) is 1.12. The van der Waals surface area contributed by atoms with E-state index in [1.54, 1.807) is 0 Å². The van der Waals surface area contributed by atoms with Crippen molar-refractivity contribution in [2.45, 2.75) is 0 Å². The zero-order valence-electron chi connectivity index (χ0n) is 9.24. The summed E-state index contributed by atoms with van der Waals surface area (Å²) >= 11 is 0. The van der Waals surface area contributed by atoms with Gasteiger partial charge in [-0.2, -0.15) is 0 Å². The van der Waals surface area contributed by atoms with Crippen LogP contribution >= 0.6 is 57.8 Å². The zero-order chi connectivity index (χ0) is 14.6. The van der Waals surface area contributed by atoms with Gasteiger partial charge in [-0.15, -0.1) is 0 Å². The predicted octanol–water partition coefficient (Wildman–Crippen LogP) is 5.12. The molecule has 2 aromatic heterocycles. The molecule has 2 N–H and O–H groups in total. The Kier molecular flexibility index (Phi) is 5.43. The quantitative estimate of drug-likeness (QED) is 0.463. The Morgan fingerprint density at radius 1 is 0.632 bits per heavy atom. The van der Waals surface area contributed by atoms with E-state index in [9.17, 15) is 0 Å². The van der Waals surface area contributed by atoms with Crippen LogP contribution in [0.5, 0.6) is 0 Å². The summed E-state index contributed by atoms with van der Waals surface area (Å²) in [6.45, 7) is -5.38. The maximum Gasteiger partial charge on any atom is 0.275 e. The van der Waals surface area contributed by atoms with Gasteiger partial charge < -0.3 is 0 Å². The number of pyridine rings is 2. The molecule has 0 saturated carbocycles. The van der Waals surface area contributed by atoms with Crippen molar-refractivity contribution >= 4 is 57.8 Å². The molecule has 0 unspecified atom stereocenters. The van der Waals surface area contributed by atoms with E-state index in [4.69, 9.17) is 57.8 Å². The summed E-state index contributed by atoms with van der Waals surface area (Å²) in [4.78, 5) is 6.31. The third-order valence-corrected chi connectivity index (χ3v) is 1.71. The minimum Gasteiger partial charge on any atom is -0.206 e. The summed E-state index contributed by atoms with van der Waals surface area (Å²) < 4.78 is 0. The summed E-state index contributed by atoms with van der Waals surface area (Å²) in [6, 6.07) is 12.0. The van der Waals surface area contributed by atoms with E-state index < -0.39 is 6.64 Å². The van der Waals surface area contributed by atoms with Crippen molar-refractivity contribution in [3.63, 3.8) is 0 Å². The predicted molar refractivity (Wildman–Crippen MR) is 80.1 cm³/mol. The number of halogens is 6. The second-order valence-electron chi connectivity index (χ2n) is 3.31. The van der Waals surface area contributed by atoms with Crippen LogP contribution in [0.1, 0.15) is 0 Å². The van der Waals surface area contributed by atoms with Gasteiger partial charge in [0.25, 0.3) is 11.4 Å². The molecule has 0 fully saturated rings. The van der Waals surface area contributed by atoms with Crippen molar-refractivity contribution in [1.29, 1.82) is 0 Å². The Morgan fingerprint density at radius 3 is 1.16 bits per heavy atom. The monoisotopic (exact) mass is 560 g/mol. The summed E-state index contributed by atoms with van der Waals surface area (Å²) in [7, 11) is 30.4. The number of aromatic nitrogens is 2. The molecular formula is C10H10Cl6N2Os. The minimum absolute atomic E-state index is 1.10. The molecule has 0 amide bonds. The van der Waals surface area contributed by atoms with Crippen molar-refractivity contribution in [3.05, 3.63) is 48.8 Å². The average Bonchev–Trinajstić information content (AvgIpc) is 2.27. The number of rotatable bonds is 1. The summed E-state index contributed by atoms with van der Waals surface area (Å²) in [6.07, 6.45) is 3.83. The molecule has 0 aromatic carbocycles. The van der Waals surface area contributed by atoms with Crippen LogP contribution in [-0.2, 0) is 6.64 Å². The standard InChI is InChI=1S/C10H8N2.6ClH.Os/c1-3-7-11-9(5-1)10-6-2-4-8-12-10;;;;;;;/h1-8H;6*1H;/q;;;;;;;+4/p-4. The molecule has 2 aromatic rings. The molecule has 2 rings (SSSR count). The van der Waals surface area contributed by atoms with E-state index in [-0.39, 0.29) is 0 Å². The van der Waals surface area contributed by atoms with Crippen LogP contribution in [0.4, 0.5) is 0 Å². The van der Waals surface area contributed by atoms with E-state index in [1.165, 1.54) is 0 Å². The normalized spacial score (nSPS) is 14.6. The number of hydrogen-bond donors (Lipinski definition) is 0. The van der Waals surface area contributed by atoms with Gasteiger partial charge in [0.2, 0.25) is 0 Å². The van der Waals surface area contributed by atoms with Crippen LogP contribution in [0.15, 0.2) is 48.8 Å².